The van der Waals surface area contributed by atoms with Crippen molar-refractivity contribution in [2.24, 2.45) is 4.99 Å². The van der Waals surface area contributed by atoms with Crippen LogP contribution in [0.4, 0.5) is 0 Å². The molecule has 0 aliphatic carbocycles. The fourth-order valence-electron chi connectivity index (χ4n) is 2.38. The summed E-state index contributed by atoms with van der Waals surface area (Å²) >= 11 is 1.90. The minimum Gasteiger partial charge on any atom is -0.492 e. The van der Waals surface area contributed by atoms with E-state index in [2.05, 4.69) is 53.5 Å². The third-order valence-corrected chi connectivity index (χ3v) is 4.22. The molecule has 0 fully saturated rings. The number of nitrogens with zero attached hydrogens (tertiary/aromatic N) is 2. The molecule has 0 aliphatic heterocycles. The van der Waals surface area contributed by atoms with E-state index in [1.165, 1.54) is 29.7 Å². The number of aliphatic imine (C=N–C) groups is 1. The van der Waals surface area contributed by atoms with Gasteiger partial charge in [0.05, 0.1) is 6.54 Å². The molecule has 5 heteroatoms. The number of rotatable bonds is 9. The maximum absolute atomic E-state index is 5.86. The molecular formula is C18H31N3OS. The Morgan fingerprint density at radius 2 is 1.91 bits per heavy atom. The first kappa shape index (κ1) is 19.7. The van der Waals surface area contributed by atoms with Gasteiger partial charge in [-0.15, -0.1) is 0 Å². The average molecular weight is 338 g/mol. The minimum absolute atomic E-state index is 0.645. The summed E-state index contributed by atoms with van der Waals surface area (Å²) in [5.41, 5.74) is 2.46. The largest absolute Gasteiger partial charge is 0.492 e. The van der Waals surface area contributed by atoms with E-state index >= 15 is 0 Å². The van der Waals surface area contributed by atoms with Crippen molar-refractivity contribution in [1.82, 2.24) is 10.2 Å². The molecule has 0 saturated carbocycles. The Balaban J connectivity index is 2.31. The highest BCUT2D eigenvalue weighted by molar-refractivity contribution is 7.98. The van der Waals surface area contributed by atoms with Gasteiger partial charge in [-0.05, 0) is 62.0 Å². The Hall–Kier alpha value is -1.36. The van der Waals surface area contributed by atoms with E-state index < -0.39 is 0 Å². The molecular weight excluding hydrogens is 306 g/mol. The summed E-state index contributed by atoms with van der Waals surface area (Å²) in [5.74, 6) is 3.09. The van der Waals surface area contributed by atoms with Crippen molar-refractivity contribution >= 4 is 17.7 Å². The monoisotopic (exact) mass is 337 g/mol. The number of ether oxygens (including phenoxy) is 1. The first-order valence-electron chi connectivity index (χ1n) is 8.18. The van der Waals surface area contributed by atoms with Gasteiger partial charge in [0, 0.05) is 20.6 Å². The van der Waals surface area contributed by atoms with Crippen LogP contribution in [0.1, 0.15) is 24.0 Å². The van der Waals surface area contributed by atoms with E-state index in [9.17, 15) is 0 Å². The summed E-state index contributed by atoms with van der Waals surface area (Å²) in [6.07, 6.45) is 4.56. The SMILES string of the molecule is CN=C(NCCCCSC)N(C)CCOc1cc(C)cc(C)c1. The van der Waals surface area contributed by atoms with Crippen LogP contribution in [0.2, 0.25) is 0 Å². The lowest BCUT2D eigenvalue weighted by molar-refractivity contribution is 0.281. The zero-order valence-corrected chi connectivity index (χ0v) is 16.0. The fourth-order valence-corrected chi connectivity index (χ4v) is 2.87. The number of likely N-dealkylation sites (N-methyl/N-ethyl adjacent to an activating group) is 1. The topological polar surface area (TPSA) is 36.9 Å². The quantitative estimate of drug-likeness (QED) is 0.426. The maximum Gasteiger partial charge on any atom is 0.193 e. The van der Waals surface area contributed by atoms with Crippen LogP contribution >= 0.6 is 11.8 Å². The van der Waals surface area contributed by atoms with E-state index in [1.807, 2.05) is 25.9 Å². The molecule has 0 spiro atoms. The van der Waals surface area contributed by atoms with Gasteiger partial charge in [-0.25, -0.2) is 0 Å². The number of aryl methyl sites for hydroxylation is 2. The number of benzene rings is 1. The van der Waals surface area contributed by atoms with Gasteiger partial charge in [0.15, 0.2) is 5.96 Å². The average Bonchev–Trinajstić information content (AvgIpc) is 2.50. The molecule has 0 heterocycles. The Morgan fingerprint density at radius 3 is 2.52 bits per heavy atom. The number of hydrogen-bond acceptors (Lipinski definition) is 3. The summed E-state index contributed by atoms with van der Waals surface area (Å²) < 4.78 is 5.86. The fraction of sp³-hybridized carbons (Fsp3) is 0.611. The molecule has 4 nitrogen and oxygen atoms in total. The second-order valence-electron chi connectivity index (χ2n) is 5.77. The molecule has 0 radical (unpaired) electrons. The Kier molecular flexibility index (Phi) is 9.60. The van der Waals surface area contributed by atoms with Crippen molar-refractivity contribution < 1.29 is 4.74 Å². The molecule has 0 aromatic heterocycles. The lowest BCUT2D eigenvalue weighted by Gasteiger charge is -2.22. The molecule has 0 unspecified atom stereocenters. The van der Waals surface area contributed by atoms with E-state index in [1.54, 1.807) is 0 Å². The highest BCUT2D eigenvalue weighted by Gasteiger charge is 2.05. The van der Waals surface area contributed by atoms with Crippen LogP contribution in [0.5, 0.6) is 5.75 Å². The summed E-state index contributed by atoms with van der Waals surface area (Å²) in [5, 5.41) is 3.41. The van der Waals surface area contributed by atoms with Gasteiger partial charge in [0.25, 0.3) is 0 Å². The van der Waals surface area contributed by atoms with Crippen LogP contribution in [0.15, 0.2) is 23.2 Å². The molecule has 0 bridgehead atoms. The third-order valence-electron chi connectivity index (χ3n) is 3.52. The highest BCUT2D eigenvalue weighted by atomic mass is 32.2. The first-order valence-corrected chi connectivity index (χ1v) is 9.58. The molecule has 23 heavy (non-hydrogen) atoms. The van der Waals surface area contributed by atoms with Gasteiger partial charge in [-0.1, -0.05) is 6.07 Å². The molecule has 1 N–H and O–H groups in total. The van der Waals surface area contributed by atoms with Crippen LogP contribution < -0.4 is 10.1 Å². The predicted molar refractivity (Wildman–Crippen MR) is 103 cm³/mol. The number of nitrogens with one attached hydrogen (secondary N) is 1. The standard InChI is InChI=1S/C18H31N3OS/c1-15-12-16(2)14-17(13-15)22-10-9-21(4)18(19-3)20-8-6-7-11-23-5/h12-14H,6-11H2,1-5H3,(H,19,20). The van der Waals surface area contributed by atoms with E-state index in [-0.39, 0.29) is 0 Å². The van der Waals surface area contributed by atoms with Crippen molar-refractivity contribution in [3.05, 3.63) is 29.3 Å². The van der Waals surface area contributed by atoms with Gasteiger partial charge >= 0.3 is 0 Å². The van der Waals surface area contributed by atoms with Gasteiger partial charge in [0.2, 0.25) is 0 Å². The number of guanidine groups is 1. The van der Waals surface area contributed by atoms with Gasteiger partial charge < -0.3 is 15.0 Å². The second kappa shape index (κ2) is 11.2. The summed E-state index contributed by atoms with van der Waals surface area (Å²) in [7, 11) is 3.87. The number of hydrogen-bond donors (Lipinski definition) is 1. The Bertz CT molecular complexity index is 471. The summed E-state index contributed by atoms with van der Waals surface area (Å²) in [4.78, 5) is 6.44. The number of thioether (sulfide) groups is 1. The predicted octanol–water partition coefficient (Wildman–Crippen LogP) is 3.33. The second-order valence-corrected chi connectivity index (χ2v) is 6.75. The van der Waals surface area contributed by atoms with Crippen LogP contribution in [-0.4, -0.2) is 56.7 Å². The van der Waals surface area contributed by atoms with Crippen molar-refractivity contribution in [2.45, 2.75) is 26.7 Å². The van der Waals surface area contributed by atoms with E-state index in [0.29, 0.717) is 6.61 Å². The highest BCUT2D eigenvalue weighted by Crippen LogP contribution is 2.15. The van der Waals surface area contributed by atoms with Crippen LogP contribution in [0.3, 0.4) is 0 Å². The van der Waals surface area contributed by atoms with E-state index in [4.69, 9.17) is 4.74 Å². The zero-order chi connectivity index (χ0) is 17.1. The molecule has 0 amide bonds. The maximum atomic E-state index is 5.86. The summed E-state index contributed by atoms with van der Waals surface area (Å²) in [6.45, 7) is 6.60. The van der Waals surface area contributed by atoms with Crippen LogP contribution in [-0.2, 0) is 0 Å². The van der Waals surface area contributed by atoms with Crippen molar-refractivity contribution in [1.29, 1.82) is 0 Å². The van der Waals surface area contributed by atoms with Gasteiger partial charge in [0.1, 0.15) is 12.4 Å². The molecule has 1 aromatic carbocycles. The van der Waals surface area contributed by atoms with Crippen molar-refractivity contribution in [2.75, 3.05) is 45.8 Å². The minimum atomic E-state index is 0.645. The molecule has 1 aromatic rings. The van der Waals surface area contributed by atoms with Crippen molar-refractivity contribution in [3.8, 4) is 5.75 Å². The smallest absolute Gasteiger partial charge is 0.193 e. The first-order chi connectivity index (χ1) is 11.1. The lowest BCUT2D eigenvalue weighted by Crippen LogP contribution is -2.41. The lowest BCUT2D eigenvalue weighted by atomic mass is 10.1. The molecule has 0 saturated heterocycles. The Morgan fingerprint density at radius 1 is 1.22 bits per heavy atom. The third kappa shape index (κ3) is 8.16. The Labute approximate surface area is 145 Å². The molecule has 130 valence electrons. The normalized spacial score (nSPS) is 11.4. The van der Waals surface area contributed by atoms with Crippen molar-refractivity contribution in [3.63, 3.8) is 0 Å². The molecule has 0 aliphatic rings. The van der Waals surface area contributed by atoms with E-state index in [0.717, 1.165) is 24.8 Å². The van der Waals surface area contributed by atoms with Crippen LogP contribution in [0, 0.1) is 13.8 Å². The van der Waals surface area contributed by atoms with Crippen LogP contribution in [0.25, 0.3) is 0 Å². The molecule has 1 rings (SSSR count). The van der Waals surface area contributed by atoms with Gasteiger partial charge in [-0.2, -0.15) is 11.8 Å². The summed E-state index contributed by atoms with van der Waals surface area (Å²) in [6, 6.07) is 6.30. The van der Waals surface area contributed by atoms with Gasteiger partial charge in [-0.3, -0.25) is 4.99 Å². The zero-order valence-electron chi connectivity index (χ0n) is 15.2. The molecule has 0 atom stereocenters. The number of unbranched alkanes of at least 4 members (excludes halogenated alkanes) is 1.